The highest BCUT2D eigenvalue weighted by Crippen LogP contribution is 2.27. The van der Waals surface area contributed by atoms with Crippen molar-refractivity contribution in [1.82, 2.24) is 0 Å². The molecular weight excluding hydrogens is 192 g/mol. The monoisotopic (exact) mass is 202 g/mol. The molecule has 1 aliphatic rings. The average Bonchev–Trinajstić information content (AvgIpc) is 1.88. The summed E-state index contributed by atoms with van der Waals surface area (Å²) in [4.78, 5) is 10.9. The third-order valence-electron chi connectivity index (χ3n) is 1.93. The zero-order valence-electron chi connectivity index (χ0n) is 6.06. The van der Waals surface area contributed by atoms with E-state index in [0.29, 0.717) is 11.7 Å². The van der Waals surface area contributed by atoms with Crippen LogP contribution in [0.1, 0.15) is 26.2 Å². The lowest BCUT2D eigenvalue weighted by Gasteiger charge is -2.15. The molecule has 0 aliphatic heterocycles. The molecule has 56 valence electrons. The van der Waals surface area contributed by atoms with E-state index < -0.39 is 0 Å². The van der Waals surface area contributed by atoms with Gasteiger partial charge < -0.3 is 0 Å². The molecule has 0 aromatic rings. The molecule has 1 nitrogen and oxygen atoms in total. The number of carbonyl (C=O) groups is 1. The highest BCUT2D eigenvalue weighted by Gasteiger charge is 2.16. The predicted molar refractivity (Wildman–Crippen MR) is 45.0 cm³/mol. The lowest BCUT2D eigenvalue weighted by Crippen LogP contribution is -2.12. The van der Waals surface area contributed by atoms with Gasteiger partial charge in [-0.05, 0) is 30.7 Å². The van der Waals surface area contributed by atoms with Crippen LogP contribution in [-0.4, -0.2) is 5.78 Å². The van der Waals surface area contributed by atoms with Crippen molar-refractivity contribution in [2.45, 2.75) is 26.2 Å². The van der Waals surface area contributed by atoms with Gasteiger partial charge in [0.15, 0.2) is 0 Å². The maximum Gasteiger partial charge on any atom is 0.133 e. The molecule has 1 atom stereocenters. The Balaban J connectivity index is 2.50. The van der Waals surface area contributed by atoms with Crippen molar-refractivity contribution in [1.29, 1.82) is 0 Å². The number of hydrogen-bond donors (Lipinski definition) is 0. The van der Waals surface area contributed by atoms with Crippen LogP contribution in [0.25, 0.3) is 0 Å². The maximum atomic E-state index is 10.9. The number of halogens is 1. The molecule has 0 heterocycles. The Labute approximate surface area is 69.6 Å². The van der Waals surface area contributed by atoms with Crippen molar-refractivity contribution in [3.8, 4) is 0 Å². The molecule has 10 heavy (non-hydrogen) atoms. The van der Waals surface area contributed by atoms with E-state index in [9.17, 15) is 4.79 Å². The molecule has 2 heteroatoms. The first kappa shape index (κ1) is 7.99. The second-order valence-electron chi connectivity index (χ2n) is 2.73. The average molecular weight is 203 g/mol. The molecule has 1 aliphatic carbocycles. The first-order valence-electron chi connectivity index (χ1n) is 3.55. The normalized spacial score (nSPS) is 25.8. The van der Waals surface area contributed by atoms with Crippen molar-refractivity contribution in [2.24, 2.45) is 5.92 Å². The van der Waals surface area contributed by atoms with Crippen molar-refractivity contribution in [3.05, 3.63) is 10.6 Å². The third kappa shape index (κ3) is 1.94. The van der Waals surface area contributed by atoms with Crippen LogP contribution in [0.4, 0.5) is 0 Å². The summed E-state index contributed by atoms with van der Waals surface area (Å²) in [6.07, 6.45) is 5.09. The molecule has 0 fully saturated rings. The zero-order valence-corrected chi connectivity index (χ0v) is 7.65. The van der Waals surface area contributed by atoms with Gasteiger partial charge in [-0.25, -0.2) is 0 Å². The van der Waals surface area contributed by atoms with Gasteiger partial charge in [-0.15, -0.1) is 0 Å². The van der Waals surface area contributed by atoms with Crippen LogP contribution in [0.5, 0.6) is 0 Å². The van der Waals surface area contributed by atoms with E-state index in [1.807, 2.05) is 0 Å². The standard InChI is InChI=1S/C8H11BrO/c1-6(10)7-2-4-8(9)5-3-7/h4,7H,2-3,5H2,1H3. The smallest absolute Gasteiger partial charge is 0.133 e. The largest absolute Gasteiger partial charge is 0.300 e. The SMILES string of the molecule is CC(=O)C1CC=C(Br)CC1. The first-order chi connectivity index (χ1) is 4.70. The van der Waals surface area contributed by atoms with E-state index >= 15 is 0 Å². The fourth-order valence-corrected chi connectivity index (χ4v) is 1.59. The van der Waals surface area contributed by atoms with E-state index in [2.05, 4.69) is 22.0 Å². The Bertz CT molecular complexity index is 172. The summed E-state index contributed by atoms with van der Waals surface area (Å²) in [5.74, 6) is 0.623. The second-order valence-corrected chi connectivity index (χ2v) is 3.75. The molecule has 0 amide bonds. The fourth-order valence-electron chi connectivity index (χ4n) is 1.17. The summed E-state index contributed by atoms with van der Waals surface area (Å²) >= 11 is 3.41. The quantitative estimate of drug-likeness (QED) is 0.640. The number of ketones is 1. The zero-order chi connectivity index (χ0) is 7.56. The molecule has 0 aromatic heterocycles. The number of hydrogen-bond acceptors (Lipinski definition) is 1. The Morgan fingerprint density at radius 1 is 1.80 bits per heavy atom. The number of allylic oxidation sites excluding steroid dienone is 2. The Morgan fingerprint density at radius 2 is 2.50 bits per heavy atom. The van der Waals surface area contributed by atoms with E-state index in [1.54, 1.807) is 6.92 Å². The summed E-state index contributed by atoms with van der Waals surface area (Å²) in [5, 5.41) is 0. The fraction of sp³-hybridized carbons (Fsp3) is 0.625. The van der Waals surface area contributed by atoms with Gasteiger partial charge in [0.25, 0.3) is 0 Å². The van der Waals surface area contributed by atoms with Crippen LogP contribution in [0.2, 0.25) is 0 Å². The van der Waals surface area contributed by atoms with Crippen LogP contribution in [-0.2, 0) is 4.79 Å². The van der Waals surface area contributed by atoms with Gasteiger partial charge in [0.1, 0.15) is 5.78 Å². The van der Waals surface area contributed by atoms with Gasteiger partial charge in [0.05, 0.1) is 0 Å². The van der Waals surface area contributed by atoms with Crippen molar-refractivity contribution in [3.63, 3.8) is 0 Å². The summed E-state index contributed by atoms with van der Waals surface area (Å²) in [6, 6.07) is 0. The summed E-state index contributed by atoms with van der Waals surface area (Å²) < 4.78 is 1.25. The Morgan fingerprint density at radius 3 is 2.90 bits per heavy atom. The van der Waals surface area contributed by atoms with Crippen LogP contribution in [0, 0.1) is 5.92 Å². The molecule has 0 saturated heterocycles. The molecule has 0 spiro atoms. The molecular formula is C8H11BrO. The lowest BCUT2D eigenvalue weighted by atomic mass is 9.91. The molecule has 1 unspecified atom stereocenters. The van der Waals surface area contributed by atoms with E-state index in [1.165, 1.54) is 4.48 Å². The van der Waals surface area contributed by atoms with E-state index in [0.717, 1.165) is 19.3 Å². The van der Waals surface area contributed by atoms with Crippen LogP contribution in [0.3, 0.4) is 0 Å². The highest BCUT2D eigenvalue weighted by molar-refractivity contribution is 9.11. The molecule has 0 aromatic carbocycles. The topological polar surface area (TPSA) is 17.1 Å². The lowest BCUT2D eigenvalue weighted by molar-refractivity contribution is -0.120. The summed E-state index contributed by atoms with van der Waals surface area (Å²) in [7, 11) is 0. The van der Waals surface area contributed by atoms with Crippen LogP contribution in [0.15, 0.2) is 10.6 Å². The Kier molecular flexibility index (Phi) is 2.66. The number of Topliss-reactive ketones (excluding diaryl/α,β-unsaturated/α-hetero) is 1. The first-order valence-corrected chi connectivity index (χ1v) is 4.34. The maximum absolute atomic E-state index is 10.9. The molecule has 0 N–H and O–H groups in total. The minimum atomic E-state index is 0.293. The highest BCUT2D eigenvalue weighted by atomic mass is 79.9. The van der Waals surface area contributed by atoms with Gasteiger partial charge in [0, 0.05) is 5.92 Å². The van der Waals surface area contributed by atoms with Crippen LogP contribution < -0.4 is 0 Å². The van der Waals surface area contributed by atoms with Gasteiger partial charge >= 0.3 is 0 Å². The van der Waals surface area contributed by atoms with Crippen molar-refractivity contribution >= 4 is 21.7 Å². The van der Waals surface area contributed by atoms with Gasteiger partial charge in [0.2, 0.25) is 0 Å². The van der Waals surface area contributed by atoms with E-state index in [-0.39, 0.29) is 0 Å². The predicted octanol–water partition coefficient (Wildman–Crippen LogP) is 2.65. The van der Waals surface area contributed by atoms with Crippen molar-refractivity contribution in [2.75, 3.05) is 0 Å². The molecule has 0 radical (unpaired) electrons. The summed E-state index contributed by atoms with van der Waals surface area (Å²) in [6.45, 7) is 1.68. The molecule has 0 saturated carbocycles. The minimum absolute atomic E-state index is 0.293. The minimum Gasteiger partial charge on any atom is -0.300 e. The third-order valence-corrected chi connectivity index (χ3v) is 2.65. The second kappa shape index (κ2) is 3.33. The molecule has 1 rings (SSSR count). The Hall–Kier alpha value is -0.110. The van der Waals surface area contributed by atoms with Crippen molar-refractivity contribution < 1.29 is 4.79 Å². The number of rotatable bonds is 1. The number of carbonyl (C=O) groups excluding carboxylic acids is 1. The van der Waals surface area contributed by atoms with E-state index in [4.69, 9.17) is 0 Å². The van der Waals surface area contributed by atoms with Gasteiger partial charge in [-0.1, -0.05) is 22.0 Å². The van der Waals surface area contributed by atoms with Gasteiger partial charge in [-0.2, -0.15) is 0 Å². The summed E-state index contributed by atoms with van der Waals surface area (Å²) in [5.41, 5.74) is 0. The van der Waals surface area contributed by atoms with Gasteiger partial charge in [-0.3, -0.25) is 4.79 Å². The van der Waals surface area contributed by atoms with Crippen LogP contribution >= 0.6 is 15.9 Å². The molecule has 0 bridgehead atoms.